The second-order valence-corrected chi connectivity index (χ2v) is 7.30. The van der Waals surface area contributed by atoms with E-state index >= 15 is 0 Å². The molecule has 0 amide bonds. The largest absolute Gasteiger partial charge is 0.494 e. The fourth-order valence-electron chi connectivity index (χ4n) is 2.10. The van der Waals surface area contributed by atoms with E-state index in [1.807, 2.05) is 0 Å². The van der Waals surface area contributed by atoms with Crippen molar-refractivity contribution in [1.82, 2.24) is 14.5 Å². The Bertz CT molecular complexity index is 848. The zero-order valence-electron chi connectivity index (χ0n) is 12.2. The topological polar surface area (TPSA) is 90.3 Å². The molecule has 7 nitrogen and oxygen atoms in total. The van der Waals surface area contributed by atoms with Gasteiger partial charge in [-0.2, -0.15) is 5.10 Å². The van der Waals surface area contributed by atoms with Crippen LogP contribution in [0.25, 0.3) is 10.9 Å². The van der Waals surface area contributed by atoms with Gasteiger partial charge in [-0.05, 0) is 34.5 Å². The van der Waals surface area contributed by atoms with Gasteiger partial charge in [-0.25, -0.2) is 13.1 Å². The summed E-state index contributed by atoms with van der Waals surface area (Å²) in [6.45, 7) is 0.735. The number of nitrogens with one attached hydrogen (secondary N) is 1. The van der Waals surface area contributed by atoms with E-state index in [4.69, 9.17) is 4.74 Å². The molecule has 120 valence electrons. The monoisotopic (exact) mass is 389 g/mol. The zero-order chi connectivity index (χ0) is 16.3. The number of para-hydroxylation sites is 1. The van der Waals surface area contributed by atoms with Crippen LogP contribution in [0, 0.1) is 0 Å². The summed E-state index contributed by atoms with van der Waals surface area (Å²) >= 11 is 3.16. The number of aromatic nitrogens is 2. The maximum absolute atomic E-state index is 12.1. The molecule has 2 aromatic rings. The summed E-state index contributed by atoms with van der Waals surface area (Å²) in [7, 11) is -1.69. The smallest absolute Gasteiger partial charge is 0.222 e. The Morgan fingerprint density at radius 3 is 2.77 bits per heavy atom. The minimum Gasteiger partial charge on any atom is -0.494 e. The van der Waals surface area contributed by atoms with Gasteiger partial charge in [0.05, 0.1) is 18.8 Å². The summed E-state index contributed by atoms with van der Waals surface area (Å²) in [4.78, 5) is 12.1. The van der Waals surface area contributed by atoms with Crippen molar-refractivity contribution in [2.75, 3.05) is 19.9 Å². The Morgan fingerprint density at radius 1 is 1.41 bits per heavy atom. The molecule has 22 heavy (non-hydrogen) atoms. The second kappa shape index (κ2) is 6.76. The first-order chi connectivity index (χ1) is 10.3. The van der Waals surface area contributed by atoms with E-state index in [-0.39, 0.29) is 10.0 Å². The first kappa shape index (κ1) is 16.9. The number of ether oxygens (including phenoxy) is 1. The summed E-state index contributed by atoms with van der Waals surface area (Å²) in [5, 5.41) is 4.70. The van der Waals surface area contributed by atoms with Crippen molar-refractivity contribution in [1.29, 1.82) is 0 Å². The molecule has 0 atom stereocenters. The predicted octanol–water partition coefficient (Wildman–Crippen LogP) is 1.11. The molecule has 0 aliphatic rings. The third kappa shape index (κ3) is 3.84. The van der Waals surface area contributed by atoms with E-state index in [2.05, 4.69) is 25.8 Å². The molecule has 1 heterocycles. The van der Waals surface area contributed by atoms with Gasteiger partial charge >= 0.3 is 0 Å². The van der Waals surface area contributed by atoms with Crippen LogP contribution in [0.1, 0.15) is 6.42 Å². The summed E-state index contributed by atoms with van der Waals surface area (Å²) < 4.78 is 31.7. The van der Waals surface area contributed by atoms with Crippen molar-refractivity contribution in [2.24, 2.45) is 0 Å². The molecule has 0 unspecified atom stereocenters. The fourth-order valence-corrected chi connectivity index (χ4v) is 3.02. The summed E-state index contributed by atoms with van der Waals surface area (Å²) in [6, 6.07) is 5.20. The van der Waals surface area contributed by atoms with Gasteiger partial charge in [0, 0.05) is 13.1 Å². The Hall–Kier alpha value is -1.45. The van der Waals surface area contributed by atoms with Gasteiger partial charge in [-0.15, -0.1) is 0 Å². The Kier molecular flexibility index (Phi) is 5.20. The maximum Gasteiger partial charge on any atom is 0.222 e. The first-order valence-electron chi connectivity index (χ1n) is 6.51. The van der Waals surface area contributed by atoms with Gasteiger partial charge in [0.2, 0.25) is 15.5 Å². The standard InChI is InChI=1S/C13H16BrN3O4S/c1-21-10-6-3-5-9-11(10)17(16-13(14)12(9)18)8-4-7-15-22(2,19)20/h3,5-6,15H,4,7-8H2,1-2H3. The number of sulfonamides is 1. The van der Waals surface area contributed by atoms with Crippen molar-refractivity contribution in [2.45, 2.75) is 13.0 Å². The van der Waals surface area contributed by atoms with E-state index in [0.29, 0.717) is 36.2 Å². The van der Waals surface area contributed by atoms with Crippen LogP contribution in [0.5, 0.6) is 5.75 Å². The first-order valence-corrected chi connectivity index (χ1v) is 9.20. The average Bonchev–Trinajstić information content (AvgIpc) is 2.46. The zero-order valence-corrected chi connectivity index (χ0v) is 14.6. The molecular formula is C13H16BrN3O4S. The van der Waals surface area contributed by atoms with Gasteiger partial charge in [-0.1, -0.05) is 6.07 Å². The molecule has 0 aliphatic heterocycles. The van der Waals surface area contributed by atoms with Crippen LogP contribution in [0.4, 0.5) is 0 Å². The number of rotatable bonds is 6. The lowest BCUT2D eigenvalue weighted by Crippen LogP contribution is -2.24. The molecule has 0 saturated carbocycles. The van der Waals surface area contributed by atoms with Gasteiger partial charge in [0.1, 0.15) is 11.3 Å². The van der Waals surface area contributed by atoms with E-state index in [1.54, 1.807) is 22.9 Å². The lowest BCUT2D eigenvalue weighted by molar-refractivity contribution is 0.414. The molecule has 0 fully saturated rings. The molecule has 0 aliphatic carbocycles. The van der Waals surface area contributed by atoms with E-state index in [0.717, 1.165) is 6.26 Å². The van der Waals surface area contributed by atoms with Gasteiger partial charge < -0.3 is 4.74 Å². The van der Waals surface area contributed by atoms with E-state index in [9.17, 15) is 13.2 Å². The predicted molar refractivity (Wildman–Crippen MR) is 87.7 cm³/mol. The number of halogens is 1. The van der Waals surface area contributed by atoms with Gasteiger partial charge in [-0.3, -0.25) is 9.48 Å². The van der Waals surface area contributed by atoms with Gasteiger partial charge in [0.25, 0.3) is 0 Å². The van der Waals surface area contributed by atoms with Gasteiger partial charge in [0.15, 0.2) is 4.60 Å². The molecule has 0 spiro atoms. The van der Waals surface area contributed by atoms with Crippen LogP contribution in [0.15, 0.2) is 27.6 Å². The molecule has 1 aromatic heterocycles. The van der Waals surface area contributed by atoms with Crippen LogP contribution < -0.4 is 14.9 Å². The highest BCUT2D eigenvalue weighted by molar-refractivity contribution is 9.10. The van der Waals surface area contributed by atoms with E-state index in [1.165, 1.54) is 7.11 Å². The minimum absolute atomic E-state index is 0.209. The highest BCUT2D eigenvalue weighted by Gasteiger charge is 2.13. The molecule has 0 saturated heterocycles. The summed E-state index contributed by atoms with van der Waals surface area (Å²) in [5.41, 5.74) is 0.386. The summed E-state index contributed by atoms with van der Waals surface area (Å²) in [5.74, 6) is 0.547. The number of aryl methyl sites for hydroxylation is 1. The highest BCUT2D eigenvalue weighted by atomic mass is 79.9. The van der Waals surface area contributed by atoms with E-state index < -0.39 is 10.0 Å². The number of fused-ring (bicyclic) bond motifs is 1. The molecule has 9 heteroatoms. The van der Waals surface area contributed by atoms with Crippen LogP contribution in [-0.2, 0) is 16.6 Å². The molecule has 0 bridgehead atoms. The van der Waals surface area contributed by atoms with Crippen molar-refractivity contribution >= 4 is 36.9 Å². The summed E-state index contributed by atoms with van der Waals surface area (Å²) in [6.07, 6.45) is 1.64. The number of benzene rings is 1. The van der Waals surface area contributed by atoms with Crippen LogP contribution >= 0.6 is 15.9 Å². The number of hydrogen-bond acceptors (Lipinski definition) is 5. The molecule has 1 N–H and O–H groups in total. The third-order valence-electron chi connectivity index (χ3n) is 3.03. The normalized spacial score (nSPS) is 11.8. The lowest BCUT2D eigenvalue weighted by atomic mass is 10.2. The van der Waals surface area contributed by atoms with Crippen molar-refractivity contribution in [3.63, 3.8) is 0 Å². The van der Waals surface area contributed by atoms with Crippen LogP contribution in [-0.4, -0.2) is 38.1 Å². The molecule has 0 radical (unpaired) electrons. The van der Waals surface area contributed by atoms with Crippen LogP contribution in [0.3, 0.4) is 0 Å². The van der Waals surface area contributed by atoms with Crippen LogP contribution in [0.2, 0.25) is 0 Å². The van der Waals surface area contributed by atoms with Crippen molar-refractivity contribution < 1.29 is 13.2 Å². The third-order valence-corrected chi connectivity index (χ3v) is 4.28. The highest BCUT2D eigenvalue weighted by Crippen LogP contribution is 2.23. The maximum atomic E-state index is 12.1. The quantitative estimate of drug-likeness (QED) is 0.747. The van der Waals surface area contributed by atoms with Crippen molar-refractivity contribution in [3.05, 3.63) is 33.0 Å². The molecule has 2 rings (SSSR count). The fraction of sp³-hybridized carbons (Fsp3) is 0.385. The Labute approximate surface area is 136 Å². The Balaban J connectivity index is 2.36. The van der Waals surface area contributed by atoms with Crippen molar-refractivity contribution in [3.8, 4) is 5.75 Å². The molecular weight excluding hydrogens is 374 g/mol. The SMILES string of the molecule is COc1cccc2c(=O)c(Br)nn(CCCNS(C)(=O)=O)c12. The average molecular weight is 390 g/mol. The second-order valence-electron chi connectivity index (χ2n) is 4.72. The lowest BCUT2D eigenvalue weighted by Gasteiger charge is -2.13. The Morgan fingerprint density at radius 2 is 2.14 bits per heavy atom. The number of methoxy groups -OCH3 is 1. The minimum atomic E-state index is -3.21. The molecule has 1 aromatic carbocycles. The number of hydrogen-bond donors (Lipinski definition) is 1. The number of nitrogens with zero attached hydrogens (tertiary/aromatic N) is 2.